The van der Waals surface area contributed by atoms with Crippen molar-refractivity contribution < 1.29 is 22.8 Å². The van der Waals surface area contributed by atoms with Gasteiger partial charge < -0.3 is 18.0 Å². The van der Waals surface area contributed by atoms with Crippen LogP contribution in [0, 0.1) is 5.92 Å². The summed E-state index contributed by atoms with van der Waals surface area (Å²) in [4.78, 5) is 11.3. The summed E-state index contributed by atoms with van der Waals surface area (Å²) in [6.07, 6.45) is 9.30. The SMILES string of the molecule is CCO[Si](CCC1CCC(c2ccc(-c3ccc(/C=C/C(=O)OC)cc3)cc2)CC1)(OCC)OCC. The molecular formula is C30H42O5Si. The van der Waals surface area contributed by atoms with E-state index < -0.39 is 8.80 Å². The molecule has 5 nitrogen and oxygen atoms in total. The average Bonchev–Trinajstić information content (AvgIpc) is 2.92. The van der Waals surface area contributed by atoms with Gasteiger partial charge in [0, 0.05) is 31.9 Å². The van der Waals surface area contributed by atoms with Crippen molar-refractivity contribution >= 4 is 20.8 Å². The van der Waals surface area contributed by atoms with E-state index in [1.807, 2.05) is 32.9 Å². The van der Waals surface area contributed by atoms with E-state index in [9.17, 15) is 4.79 Å². The van der Waals surface area contributed by atoms with Crippen molar-refractivity contribution in [3.8, 4) is 11.1 Å². The van der Waals surface area contributed by atoms with Crippen molar-refractivity contribution in [3.05, 3.63) is 65.7 Å². The molecule has 196 valence electrons. The van der Waals surface area contributed by atoms with Gasteiger partial charge in [0.1, 0.15) is 0 Å². The monoisotopic (exact) mass is 510 g/mol. The highest BCUT2D eigenvalue weighted by Gasteiger charge is 2.40. The van der Waals surface area contributed by atoms with Gasteiger partial charge in [-0.25, -0.2) is 4.79 Å². The van der Waals surface area contributed by atoms with E-state index in [-0.39, 0.29) is 5.97 Å². The van der Waals surface area contributed by atoms with Crippen molar-refractivity contribution in [2.75, 3.05) is 26.9 Å². The molecule has 6 heteroatoms. The molecule has 36 heavy (non-hydrogen) atoms. The van der Waals surface area contributed by atoms with Crippen LogP contribution in [0.5, 0.6) is 0 Å². The van der Waals surface area contributed by atoms with Crippen LogP contribution in [0.1, 0.15) is 69.9 Å². The van der Waals surface area contributed by atoms with Gasteiger partial charge in [-0.15, -0.1) is 0 Å². The predicted octanol–water partition coefficient (Wildman–Crippen LogP) is 7.25. The fourth-order valence-corrected chi connectivity index (χ4v) is 7.90. The number of carbonyl (C=O) groups excluding carboxylic acids is 1. The Labute approximate surface area is 218 Å². The fourth-order valence-electron chi connectivity index (χ4n) is 5.13. The van der Waals surface area contributed by atoms with E-state index in [0.29, 0.717) is 25.7 Å². The maximum Gasteiger partial charge on any atom is 0.500 e. The maximum absolute atomic E-state index is 11.3. The molecule has 0 amide bonds. The fraction of sp³-hybridized carbons (Fsp3) is 0.500. The van der Waals surface area contributed by atoms with Crippen LogP contribution in [-0.4, -0.2) is 41.7 Å². The van der Waals surface area contributed by atoms with Gasteiger partial charge in [-0.05, 0) is 93.0 Å². The van der Waals surface area contributed by atoms with Gasteiger partial charge in [0.05, 0.1) is 7.11 Å². The summed E-state index contributed by atoms with van der Waals surface area (Å²) < 4.78 is 22.8. The Kier molecular flexibility index (Phi) is 11.4. The van der Waals surface area contributed by atoms with E-state index in [4.69, 9.17) is 13.3 Å². The predicted molar refractivity (Wildman–Crippen MR) is 148 cm³/mol. The van der Waals surface area contributed by atoms with Crippen LogP contribution in [-0.2, 0) is 22.8 Å². The van der Waals surface area contributed by atoms with E-state index in [2.05, 4.69) is 41.1 Å². The smallest absolute Gasteiger partial charge is 0.466 e. The van der Waals surface area contributed by atoms with Gasteiger partial charge >= 0.3 is 14.8 Å². The Hall–Kier alpha value is -2.25. The largest absolute Gasteiger partial charge is 0.500 e. The second kappa shape index (κ2) is 14.5. The molecule has 2 aromatic carbocycles. The van der Waals surface area contributed by atoms with Gasteiger partial charge in [-0.3, -0.25) is 0 Å². The third kappa shape index (κ3) is 8.13. The van der Waals surface area contributed by atoms with E-state index in [1.54, 1.807) is 6.08 Å². The lowest BCUT2D eigenvalue weighted by atomic mass is 9.77. The lowest BCUT2D eigenvalue weighted by Crippen LogP contribution is -2.46. The quantitative estimate of drug-likeness (QED) is 0.161. The minimum Gasteiger partial charge on any atom is -0.466 e. The number of hydrogen-bond donors (Lipinski definition) is 0. The lowest BCUT2D eigenvalue weighted by molar-refractivity contribution is -0.134. The molecule has 0 N–H and O–H groups in total. The standard InChI is InChI=1S/C30H42O5Si/c1-5-33-36(34-6-2,35-7-3)23-22-25-10-15-27(16-11-25)29-19-17-28(18-20-29)26-13-8-24(9-14-26)12-21-30(31)32-4/h8-9,12-14,17-21,25,27H,5-7,10-11,15-16,22-23H2,1-4H3/b21-12+. The molecule has 1 saturated carbocycles. The first-order valence-electron chi connectivity index (χ1n) is 13.4. The molecule has 0 heterocycles. The molecule has 1 aliphatic carbocycles. The number of methoxy groups -OCH3 is 1. The average molecular weight is 511 g/mol. The molecule has 0 unspecified atom stereocenters. The first-order valence-corrected chi connectivity index (χ1v) is 15.3. The Morgan fingerprint density at radius 2 is 1.36 bits per heavy atom. The lowest BCUT2D eigenvalue weighted by Gasteiger charge is -2.32. The topological polar surface area (TPSA) is 54.0 Å². The van der Waals surface area contributed by atoms with Crippen molar-refractivity contribution in [1.29, 1.82) is 0 Å². The summed E-state index contributed by atoms with van der Waals surface area (Å²) in [7, 11) is -1.16. The van der Waals surface area contributed by atoms with Gasteiger partial charge in [0.15, 0.2) is 0 Å². The highest BCUT2D eigenvalue weighted by Crippen LogP contribution is 2.39. The van der Waals surface area contributed by atoms with Gasteiger partial charge in [-0.1, -0.05) is 48.5 Å². The number of esters is 1. The minimum atomic E-state index is -2.54. The van der Waals surface area contributed by atoms with Crippen LogP contribution in [0.2, 0.25) is 6.04 Å². The van der Waals surface area contributed by atoms with Gasteiger partial charge in [0.25, 0.3) is 0 Å². The third-order valence-electron chi connectivity index (χ3n) is 7.04. The summed E-state index contributed by atoms with van der Waals surface area (Å²) >= 11 is 0. The number of ether oxygens (including phenoxy) is 1. The van der Waals surface area contributed by atoms with E-state index >= 15 is 0 Å². The summed E-state index contributed by atoms with van der Waals surface area (Å²) in [5.41, 5.74) is 4.80. The molecule has 0 spiro atoms. The molecule has 0 aliphatic heterocycles. The summed E-state index contributed by atoms with van der Waals surface area (Å²) in [5, 5.41) is 0. The summed E-state index contributed by atoms with van der Waals surface area (Å²) in [6.45, 7) is 8.01. The first kappa shape index (κ1) is 28.3. The molecule has 0 aromatic heterocycles. The van der Waals surface area contributed by atoms with Crippen molar-refractivity contribution in [3.63, 3.8) is 0 Å². The molecule has 0 radical (unpaired) electrons. The molecule has 0 atom stereocenters. The van der Waals surface area contributed by atoms with E-state index in [1.165, 1.54) is 55.6 Å². The second-order valence-corrected chi connectivity index (χ2v) is 12.1. The van der Waals surface area contributed by atoms with Crippen LogP contribution >= 0.6 is 0 Å². The maximum atomic E-state index is 11.3. The Bertz CT molecular complexity index is 929. The van der Waals surface area contributed by atoms with Crippen LogP contribution < -0.4 is 0 Å². The number of carbonyl (C=O) groups is 1. The van der Waals surface area contributed by atoms with Crippen molar-refractivity contribution in [2.45, 2.75) is 64.8 Å². The normalized spacial score (nSPS) is 18.4. The minimum absolute atomic E-state index is 0.347. The zero-order valence-corrected chi connectivity index (χ0v) is 23.3. The van der Waals surface area contributed by atoms with E-state index in [0.717, 1.165) is 23.9 Å². The molecule has 0 bridgehead atoms. The van der Waals surface area contributed by atoms with Crippen molar-refractivity contribution in [1.82, 2.24) is 0 Å². The van der Waals surface area contributed by atoms with Crippen molar-refractivity contribution in [2.24, 2.45) is 5.92 Å². The second-order valence-electron chi connectivity index (χ2n) is 9.34. The highest BCUT2D eigenvalue weighted by molar-refractivity contribution is 6.60. The Morgan fingerprint density at radius 3 is 1.86 bits per heavy atom. The number of hydrogen-bond acceptors (Lipinski definition) is 5. The Morgan fingerprint density at radius 1 is 0.833 bits per heavy atom. The van der Waals surface area contributed by atoms with Crippen LogP contribution in [0.3, 0.4) is 0 Å². The third-order valence-corrected chi connectivity index (χ3v) is 10.1. The van der Waals surface area contributed by atoms with Gasteiger partial charge in [0.2, 0.25) is 0 Å². The number of benzene rings is 2. The van der Waals surface area contributed by atoms with Crippen LogP contribution in [0.4, 0.5) is 0 Å². The van der Waals surface area contributed by atoms with Crippen LogP contribution in [0.25, 0.3) is 17.2 Å². The molecule has 2 aromatic rings. The molecule has 3 rings (SSSR count). The zero-order chi connectivity index (χ0) is 25.8. The number of rotatable bonds is 13. The Balaban J connectivity index is 1.52. The summed E-state index contributed by atoms with van der Waals surface area (Å²) in [6, 6.07) is 18.2. The first-order chi connectivity index (χ1) is 17.5. The van der Waals surface area contributed by atoms with Gasteiger partial charge in [-0.2, -0.15) is 0 Å². The molecule has 1 fully saturated rings. The summed E-state index contributed by atoms with van der Waals surface area (Å²) in [5.74, 6) is 1.01. The zero-order valence-electron chi connectivity index (χ0n) is 22.3. The molecular weight excluding hydrogens is 468 g/mol. The highest BCUT2D eigenvalue weighted by atomic mass is 28.4. The van der Waals surface area contributed by atoms with Crippen LogP contribution in [0.15, 0.2) is 54.6 Å². The molecule has 0 saturated heterocycles. The molecule has 1 aliphatic rings.